The van der Waals surface area contributed by atoms with Crippen molar-refractivity contribution < 1.29 is 15.1 Å². The van der Waals surface area contributed by atoms with Crippen molar-refractivity contribution in [3.63, 3.8) is 0 Å². The molecule has 2 heterocycles. The van der Waals surface area contributed by atoms with Crippen LogP contribution in [0.2, 0.25) is 0 Å². The Balaban J connectivity index is 2.24. The minimum Gasteiger partial charge on any atom is -0.396 e. The molecule has 1 aromatic rings. The topological polar surface area (TPSA) is 86.8 Å². The van der Waals surface area contributed by atoms with Gasteiger partial charge in [-0.3, -0.25) is 10.1 Å². The Morgan fingerprint density at radius 1 is 1.65 bits per heavy atom. The summed E-state index contributed by atoms with van der Waals surface area (Å²) < 4.78 is 0. The normalized spacial score (nSPS) is 20.9. The predicted molar refractivity (Wildman–Crippen MR) is 78.2 cm³/mol. The summed E-state index contributed by atoms with van der Waals surface area (Å²) in [6.07, 6.45) is 2.08. The molecule has 2 rings (SSSR count). The molecule has 0 spiro atoms. The highest BCUT2D eigenvalue weighted by atomic mass is 32.1. The third kappa shape index (κ3) is 3.28. The van der Waals surface area contributed by atoms with Crippen LogP contribution in [0.4, 0.5) is 10.7 Å². The molecule has 1 saturated heterocycles. The molecule has 0 radical (unpaired) electrons. The molecule has 1 aliphatic rings. The van der Waals surface area contributed by atoms with Crippen molar-refractivity contribution in [2.24, 2.45) is 5.92 Å². The number of thiophene rings is 1. The standard InChI is InChI=1S/C13H20N2O4S/c1-9(17)12-7-11(15(18)19)13(20-12)14-5-2-3-10(8-14)4-6-16/h7,9-10,16-17H,2-6,8H2,1H3. The van der Waals surface area contributed by atoms with E-state index in [0.717, 1.165) is 32.4 Å². The van der Waals surface area contributed by atoms with E-state index >= 15 is 0 Å². The fourth-order valence-corrected chi connectivity index (χ4v) is 3.72. The lowest BCUT2D eigenvalue weighted by Crippen LogP contribution is -2.35. The number of hydrogen-bond acceptors (Lipinski definition) is 6. The van der Waals surface area contributed by atoms with Crippen LogP contribution in [0.15, 0.2) is 6.07 Å². The molecule has 112 valence electrons. The van der Waals surface area contributed by atoms with Crippen LogP contribution in [-0.4, -0.2) is 34.8 Å². The van der Waals surface area contributed by atoms with Gasteiger partial charge >= 0.3 is 5.69 Å². The molecule has 1 aliphatic heterocycles. The van der Waals surface area contributed by atoms with Crippen molar-refractivity contribution >= 4 is 22.0 Å². The molecule has 1 aromatic heterocycles. The van der Waals surface area contributed by atoms with E-state index in [4.69, 9.17) is 5.11 Å². The number of nitrogens with zero attached hydrogens (tertiary/aromatic N) is 2. The molecule has 0 aliphatic carbocycles. The third-order valence-electron chi connectivity index (χ3n) is 3.66. The van der Waals surface area contributed by atoms with Crippen molar-refractivity contribution in [1.82, 2.24) is 0 Å². The highest BCUT2D eigenvalue weighted by Gasteiger charge is 2.28. The molecular weight excluding hydrogens is 280 g/mol. The van der Waals surface area contributed by atoms with E-state index in [1.165, 1.54) is 17.4 Å². The molecule has 6 nitrogen and oxygen atoms in total. The Kier molecular flexibility index (Phi) is 4.95. The van der Waals surface area contributed by atoms with Gasteiger partial charge in [-0.1, -0.05) is 0 Å². The first-order valence-corrected chi connectivity index (χ1v) is 7.66. The average Bonchev–Trinajstić information content (AvgIpc) is 2.85. The first kappa shape index (κ1) is 15.2. The molecule has 1 fully saturated rings. The smallest absolute Gasteiger partial charge is 0.304 e. The molecule has 2 atom stereocenters. The first-order chi connectivity index (χ1) is 9.52. The number of piperidine rings is 1. The lowest BCUT2D eigenvalue weighted by Gasteiger charge is -2.32. The van der Waals surface area contributed by atoms with E-state index in [1.54, 1.807) is 6.92 Å². The SMILES string of the molecule is CC(O)c1cc([N+](=O)[O-])c(N2CCCC(CCO)C2)s1. The number of aliphatic hydroxyl groups excluding tert-OH is 2. The Morgan fingerprint density at radius 2 is 2.40 bits per heavy atom. The molecule has 0 bridgehead atoms. The van der Waals surface area contributed by atoms with Gasteiger partial charge in [0.1, 0.15) is 0 Å². The van der Waals surface area contributed by atoms with Gasteiger partial charge < -0.3 is 15.1 Å². The zero-order valence-corrected chi connectivity index (χ0v) is 12.3. The van der Waals surface area contributed by atoms with Crippen molar-refractivity contribution in [3.05, 3.63) is 21.1 Å². The molecule has 20 heavy (non-hydrogen) atoms. The van der Waals surface area contributed by atoms with Crippen LogP contribution in [-0.2, 0) is 0 Å². The van der Waals surface area contributed by atoms with E-state index in [1.807, 2.05) is 4.90 Å². The number of rotatable bonds is 5. The lowest BCUT2D eigenvalue weighted by molar-refractivity contribution is -0.383. The first-order valence-electron chi connectivity index (χ1n) is 6.85. The fraction of sp³-hybridized carbons (Fsp3) is 0.692. The molecule has 0 saturated carbocycles. The van der Waals surface area contributed by atoms with Gasteiger partial charge in [0, 0.05) is 30.6 Å². The van der Waals surface area contributed by atoms with Gasteiger partial charge in [0.05, 0.1) is 11.0 Å². The van der Waals surface area contributed by atoms with Crippen LogP contribution >= 0.6 is 11.3 Å². The van der Waals surface area contributed by atoms with Crippen LogP contribution < -0.4 is 4.90 Å². The molecule has 2 unspecified atom stereocenters. The number of hydrogen-bond donors (Lipinski definition) is 2. The summed E-state index contributed by atoms with van der Waals surface area (Å²) in [5, 5.41) is 30.5. The maximum Gasteiger partial charge on any atom is 0.304 e. The molecule has 7 heteroatoms. The van der Waals surface area contributed by atoms with Gasteiger partial charge in [-0.25, -0.2) is 0 Å². The largest absolute Gasteiger partial charge is 0.396 e. The zero-order valence-electron chi connectivity index (χ0n) is 11.5. The zero-order chi connectivity index (χ0) is 14.7. The maximum atomic E-state index is 11.2. The second-order valence-corrected chi connectivity index (χ2v) is 6.30. The number of nitro groups is 1. The van der Waals surface area contributed by atoms with Crippen LogP contribution in [0.3, 0.4) is 0 Å². The van der Waals surface area contributed by atoms with Crippen LogP contribution in [0, 0.1) is 16.0 Å². The second-order valence-electron chi connectivity index (χ2n) is 5.24. The van der Waals surface area contributed by atoms with E-state index in [-0.39, 0.29) is 17.2 Å². The van der Waals surface area contributed by atoms with Crippen LogP contribution in [0.5, 0.6) is 0 Å². The lowest BCUT2D eigenvalue weighted by atomic mass is 9.95. The van der Waals surface area contributed by atoms with Gasteiger partial charge in [-0.2, -0.15) is 0 Å². The Bertz CT molecular complexity index is 473. The quantitative estimate of drug-likeness (QED) is 0.643. The summed E-state index contributed by atoms with van der Waals surface area (Å²) in [5.41, 5.74) is 0.0792. The minimum atomic E-state index is -0.689. The summed E-state index contributed by atoms with van der Waals surface area (Å²) in [6, 6.07) is 1.47. The Hall–Kier alpha value is -1.18. The van der Waals surface area contributed by atoms with Crippen molar-refractivity contribution in [3.8, 4) is 0 Å². The van der Waals surface area contributed by atoms with Crippen LogP contribution in [0.1, 0.15) is 37.2 Å². The maximum absolute atomic E-state index is 11.2. The number of anilines is 1. The van der Waals surface area contributed by atoms with Crippen molar-refractivity contribution in [2.45, 2.75) is 32.3 Å². The van der Waals surface area contributed by atoms with E-state index in [0.29, 0.717) is 15.8 Å². The van der Waals surface area contributed by atoms with Gasteiger partial charge in [-0.05, 0) is 32.1 Å². The highest BCUT2D eigenvalue weighted by Crippen LogP contribution is 2.41. The van der Waals surface area contributed by atoms with E-state index < -0.39 is 6.10 Å². The van der Waals surface area contributed by atoms with Gasteiger partial charge in [-0.15, -0.1) is 11.3 Å². The van der Waals surface area contributed by atoms with Crippen LogP contribution in [0.25, 0.3) is 0 Å². The summed E-state index contributed by atoms with van der Waals surface area (Å²) >= 11 is 1.29. The van der Waals surface area contributed by atoms with Gasteiger partial charge in [0.15, 0.2) is 5.00 Å². The predicted octanol–water partition coefficient (Wildman–Crippen LogP) is 2.31. The third-order valence-corrected chi connectivity index (χ3v) is 5.02. The monoisotopic (exact) mass is 300 g/mol. The fourth-order valence-electron chi connectivity index (χ4n) is 2.62. The molecule has 0 amide bonds. The second kappa shape index (κ2) is 6.51. The van der Waals surface area contributed by atoms with Gasteiger partial charge in [0.25, 0.3) is 0 Å². The molecule has 2 N–H and O–H groups in total. The highest BCUT2D eigenvalue weighted by molar-refractivity contribution is 7.16. The van der Waals surface area contributed by atoms with E-state index in [9.17, 15) is 15.2 Å². The average molecular weight is 300 g/mol. The minimum absolute atomic E-state index is 0.0792. The summed E-state index contributed by atoms with van der Waals surface area (Å²) in [5.74, 6) is 0.380. The summed E-state index contributed by atoms with van der Waals surface area (Å²) in [7, 11) is 0. The Morgan fingerprint density at radius 3 is 3.00 bits per heavy atom. The van der Waals surface area contributed by atoms with E-state index in [2.05, 4.69) is 0 Å². The Labute approximate surface area is 121 Å². The summed E-state index contributed by atoms with van der Waals surface area (Å²) in [4.78, 5) is 13.4. The molecular formula is C13H20N2O4S. The van der Waals surface area contributed by atoms with Crippen molar-refractivity contribution in [1.29, 1.82) is 0 Å². The van der Waals surface area contributed by atoms with Gasteiger partial charge in [0.2, 0.25) is 0 Å². The molecule has 0 aromatic carbocycles. The number of aliphatic hydroxyl groups is 2. The van der Waals surface area contributed by atoms with Crippen molar-refractivity contribution in [2.75, 3.05) is 24.6 Å². The summed E-state index contributed by atoms with van der Waals surface area (Å²) in [6.45, 7) is 3.30.